The molecule has 0 aliphatic heterocycles. The first-order chi connectivity index (χ1) is 12.7. The normalized spacial score (nSPS) is 11.2. The highest BCUT2D eigenvalue weighted by Crippen LogP contribution is 2.28. The highest BCUT2D eigenvalue weighted by Gasteiger charge is 2.08. The first kappa shape index (κ1) is 17.3. The second kappa shape index (κ2) is 8.06. The molecule has 0 atom stereocenters. The van der Waals surface area contributed by atoms with Gasteiger partial charge in [0.25, 0.3) is 0 Å². The highest BCUT2D eigenvalue weighted by atomic mass is 16.5. The average Bonchev–Trinajstić information content (AvgIpc) is 3.16. The molecule has 0 fully saturated rings. The van der Waals surface area contributed by atoms with Crippen LogP contribution >= 0.6 is 0 Å². The molecule has 134 valence electrons. The highest BCUT2D eigenvalue weighted by molar-refractivity contribution is 5.93. The molecular weight excluding hydrogens is 332 g/mol. The van der Waals surface area contributed by atoms with Gasteiger partial charge in [-0.1, -0.05) is 30.3 Å². The van der Waals surface area contributed by atoms with Crippen LogP contribution in [0.5, 0.6) is 11.5 Å². The van der Waals surface area contributed by atoms with Crippen molar-refractivity contribution in [2.75, 3.05) is 19.5 Å². The first-order valence-electron chi connectivity index (χ1n) is 7.98. The van der Waals surface area contributed by atoms with Crippen LogP contribution in [-0.2, 0) is 6.54 Å². The lowest BCUT2D eigenvalue weighted by atomic mass is 10.2. The summed E-state index contributed by atoms with van der Waals surface area (Å²) in [7, 11) is 3.17. The Balaban J connectivity index is 1.69. The molecule has 0 saturated carbocycles. The minimum absolute atomic E-state index is 0.219. The van der Waals surface area contributed by atoms with E-state index in [9.17, 15) is 0 Å². The average molecular weight is 352 g/mol. The van der Waals surface area contributed by atoms with E-state index in [1.165, 1.54) is 0 Å². The standard InChI is InChI=1S/C19H20N4O3/c1-24-14-8-9-16(25-2)15(10-14)23-19(20)22-12-18-21-11-17(26-18)13-6-4-3-5-7-13/h3-11H,12H2,1-2H3,(H3,20,22,23). The number of aromatic nitrogens is 1. The van der Waals surface area contributed by atoms with Crippen LogP contribution in [-0.4, -0.2) is 25.2 Å². The summed E-state index contributed by atoms with van der Waals surface area (Å²) in [5.74, 6) is 2.70. The number of methoxy groups -OCH3 is 2. The van der Waals surface area contributed by atoms with E-state index < -0.39 is 0 Å². The number of ether oxygens (including phenoxy) is 2. The van der Waals surface area contributed by atoms with Gasteiger partial charge in [-0.05, 0) is 12.1 Å². The number of guanidine groups is 1. The predicted octanol–water partition coefficient (Wildman–Crippen LogP) is 3.29. The summed E-state index contributed by atoms with van der Waals surface area (Å²) in [6.07, 6.45) is 1.68. The number of nitrogens with zero attached hydrogens (tertiary/aromatic N) is 2. The fourth-order valence-corrected chi connectivity index (χ4v) is 2.36. The number of aliphatic imine (C=N–C) groups is 1. The molecule has 0 aliphatic carbocycles. The summed E-state index contributed by atoms with van der Waals surface area (Å²) in [5, 5.41) is 3.00. The van der Waals surface area contributed by atoms with E-state index in [1.807, 2.05) is 30.3 Å². The predicted molar refractivity (Wildman–Crippen MR) is 100 cm³/mol. The number of oxazole rings is 1. The zero-order chi connectivity index (χ0) is 18.4. The van der Waals surface area contributed by atoms with E-state index in [-0.39, 0.29) is 12.5 Å². The van der Waals surface area contributed by atoms with Crippen molar-refractivity contribution in [1.29, 1.82) is 0 Å². The molecule has 26 heavy (non-hydrogen) atoms. The van der Waals surface area contributed by atoms with Gasteiger partial charge in [0.05, 0.1) is 26.1 Å². The Bertz CT molecular complexity index is 891. The molecule has 0 amide bonds. The van der Waals surface area contributed by atoms with Gasteiger partial charge in [0, 0.05) is 11.6 Å². The molecule has 1 heterocycles. The topological polar surface area (TPSA) is 94.9 Å². The molecule has 0 aliphatic rings. The lowest BCUT2D eigenvalue weighted by Gasteiger charge is -2.11. The van der Waals surface area contributed by atoms with Crippen LogP contribution < -0.4 is 20.5 Å². The van der Waals surface area contributed by atoms with Crippen molar-refractivity contribution >= 4 is 11.6 Å². The Kier molecular flexibility index (Phi) is 5.38. The summed E-state index contributed by atoms with van der Waals surface area (Å²) in [4.78, 5) is 8.49. The Morgan fingerprint density at radius 2 is 1.96 bits per heavy atom. The molecule has 0 radical (unpaired) electrons. The minimum atomic E-state index is 0.219. The van der Waals surface area contributed by atoms with Crippen molar-refractivity contribution in [3.63, 3.8) is 0 Å². The summed E-state index contributed by atoms with van der Waals surface area (Å²) in [6, 6.07) is 15.1. The van der Waals surface area contributed by atoms with Gasteiger partial charge < -0.3 is 24.9 Å². The van der Waals surface area contributed by atoms with Crippen LogP contribution in [0.2, 0.25) is 0 Å². The monoisotopic (exact) mass is 352 g/mol. The molecule has 2 aromatic carbocycles. The maximum absolute atomic E-state index is 5.96. The van der Waals surface area contributed by atoms with Gasteiger partial charge in [-0.3, -0.25) is 0 Å². The van der Waals surface area contributed by atoms with Crippen LogP contribution in [0.15, 0.2) is 64.1 Å². The number of hydrogen-bond acceptors (Lipinski definition) is 5. The van der Waals surface area contributed by atoms with Crippen LogP contribution in [0, 0.1) is 0 Å². The number of anilines is 1. The van der Waals surface area contributed by atoms with Gasteiger partial charge in [0.15, 0.2) is 11.7 Å². The van der Waals surface area contributed by atoms with E-state index in [1.54, 1.807) is 38.6 Å². The molecule has 0 bridgehead atoms. The van der Waals surface area contributed by atoms with Gasteiger partial charge in [-0.25, -0.2) is 9.98 Å². The van der Waals surface area contributed by atoms with Crippen LogP contribution in [0.1, 0.15) is 5.89 Å². The van der Waals surface area contributed by atoms with E-state index in [4.69, 9.17) is 19.6 Å². The maximum Gasteiger partial charge on any atom is 0.216 e. The Hall–Kier alpha value is -3.48. The number of nitrogens with one attached hydrogen (secondary N) is 1. The van der Waals surface area contributed by atoms with Gasteiger partial charge in [0.2, 0.25) is 5.89 Å². The Labute approximate surface area is 151 Å². The molecule has 0 saturated heterocycles. The maximum atomic E-state index is 5.96. The van der Waals surface area contributed by atoms with Gasteiger partial charge >= 0.3 is 0 Å². The summed E-state index contributed by atoms with van der Waals surface area (Å²) in [6.45, 7) is 0.220. The van der Waals surface area contributed by atoms with E-state index in [0.29, 0.717) is 28.8 Å². The summed E-state index contributed by atoms with van der Waals surface area (Å²) in [5.41, 5.74) is 7.58. The van der Waals surface area contributed by atoms with E-state index in [2.05, 4.69) is 15.3 Å². The lowest BCUT2D eigenvalue weighted by molar-refractivity contribution is 0.405. The molecule has 0 spiro atoms. The van der Waals surface area contributed by atoms with Crippen LogP contribution in [0.25, 0.3) is 11.3 Å². The number of rotatable bonds is 6. The molecule has 3 aromatic rings. The van der Waals surface area contributed by atoms with Gasteiger partial charge in [-0.2, -0.15) is 0 Å². The number of benzene rings is 2. The zero-order valence-corrected chi connectivity index (χ0v) is 14.6. The fraction of sp³-hybridized carbons (Fsp3) is 0.158. The molecule has 7 heteroatoms. The Morgan fingerprint density at radius 3 is 2.69 bits per heavy atom. The van der Waals surface area contributed by atoms with Crippen molar-refractivity contribution in [2.45, 2.75) is 6.54 Å². The van der Waals surface area contributed by atoms with Crippen LogP contribution in [0.3, 0.4) is 0 Å². The van der Waals surface area contributed by atoms with Crippen molar-refractivity contribution in [1.82, 2.24) is 4.98 Å². The van der Waals surface area contributed by atoms with Crippen LogP contribution in [0.4, 0.5) is 5.69 Å². The fourth-order valence-electron chi connectivity index (χ4n) is 2.36. The molecular formula is C19H20N4O3. The third kappa shape index (κ3) is 4.13. The van der Waals surface area contributed by atoms with E-state index in [0.717, 1.165) is 5.56 Å². The second-order valence-electron chi connectivity index (χ2n) is 5.38. The lowest BCUT2D eigenvalue weighted by Crippen LogP contribution is -2.23. The summed E-state index contributed by atoms with van der Waals surface area (Å²) < 4.78 is 16.2. The van der Waals surface area contributed by atoms with E-state index >= 15 is 0 Å². The summed E-state index contributed by atoms with van der Waals surface area (Å²) >= 11 is 0. The quantitative estimate of drug-likeness (QED) is 0.522. The zero-order valence-electron chi connectivity index (χ0n) is 14.6. The van der Waals surface area contributed by atoms with Gasteiger partial charge in [0.1, 0.15) is 18.0 Å². The number of nitrogens with two attached hydrogens (primary N) is 1. The number of hydrogen-bond donors (Lipinski definition) is 2. The first-order valence-corrected chi connectivity index (χ1v) is 7.98. The largest absolute Gasteiger partial charge is 0.497 e. The smallest absolute Gasteiger partial charge is 0.216 e. The van der Waals surface area contributed by atoms with Crippen molar-refractivity contribution in [3.8, 4) is 22.8 Å². The SMILES string of the molecule is COc1ccc(OC)c(NC(N)=NCc2ncc(-c3ccccc3)o2)c1. The molecule has 1 aromatic heterocycles. The third-order valence-electron chi connectivity index (χ3n) is 3.67. The molecule has 0 unspecified atom stereocenters. The molecule has 3 N–H and O–H groups in total. The molecule has 3 rings (SSSR count). The Morgan fingerprint density at radius 1 is 1.15 bits per heavy atom. The third-order valence-corrected chi connectivity index (χ3v) is 3.67. The minimum Gasteiger partial charge on any atom is -0.497 e. The molecule has 7 nitrogen and oxygen atoms in total. The van der Waals surface area contributed by atoms with Crippen molar-refractivity contribution in [2.24, 2.45) is 10.7 Å². The van der Waals surface area contributed by atoms with Crippen molar-refractivity contribution in [3.05, 3.63) is 60.6 Å². The van der Waals surface area contributed by atoms with Gasteiger partial charge in [-0.15, -0.1) is 0 Å². The second-order valence-corrected chi connectivity index (χ2v) is 5.38. The van der Waals surface area contributed by atoms with Crippen molar-refractivity contribution < 1.29 is 13.9 Å².